The first kappa shape index (κ1) is 19.7. The van der Waals surface area contributed by atoms with Gasteiger partial charge in [0.05, 0.1) is 21.9 Å². The molecule has 5 nitrogen and oxygen atoms in total. The van der Waals surface area contributed by atoms with Crippen LogP contribution in [0.25, 0.3) is 10.9 Å². The number of pyridine rings is 1. The van der Waals surface area contributed by atoms with Crippen LogP contribution in [-0.2, 0) is 11.0 Å². The van der Waals surface area contributed by atoms with Crippen molar-refractivity contribution in [2.45, 2.75) is 11.2 Å². The number of aromatic nitrogens is 1. The Morgan fingerprint density at radius 1 is 1.17 bits per heavy atom. The molecule has 29 heavy (non-hydrogen) atoms. The lowest BCUT2D eigenvalue weighted by Gasteiger charge is -2.13. The first-order valence-electron chi connectivity index (χ1n) is 8.29. The molecule has 0 atom stereocenters. The smallest absolute Gasteiger partial charge is 0.417 e. The van der Waals surface area contributed by atoms with E-state index in [2.05, 4.69) is 10.3 Å². The van der Waals surface area contributed by atoms with Crippen LogP contribution in [-0.4, -0.2) is 23.4 Å². The molecule has 4 rings (SSSR count). The third-order valence-corrected chi connectivity index (χ3v) is 5.19. The number of anilines is 1. The number of carbonyl (C=O) groups excluding carboxylic acids is 1. The van der Waals surface area contributed by atoms with E-state index < -0.39 is 17.6 Å². The Kier molecular flexibility index (Phi) is 5.18. The van der Waals surface area contributed by atoms with Crippen LogP contribution in [0.5, 0.6) is 11.5 Å². The summed E-state index contributed by atoms with van der Waals surface area (Å²) in [5.41, 5.74) is -0.237. The molecule has 0 saturated carbocycles. The molecule has 0 radical (unpaired) electrons. The number of nitrogens with one attached hydrogen (secondary N) is 1. The van der Waals surface area contributed by atoms with E-state index in [4.69, 9.17) is 21.1 Å². The monoisotopic (exact) mass is 440 g/mol. The molecule has 0 saturated heterocycles. The maximum Gasteiger partial charge on any atom is 0.417 e. The fraction of sp³-hybridized carbons (Fsp3) is 0.158. The second-order valence-corrected chi connectivity index (χ2v) is 7.51. The van der Waals surface area contributed by atoms with Crippen molar-refractivity contribution >= 4 is 45.9 Å². The Morgan fingerprint density at radius 3 is 2.66 bits per heavy atom. The Bertz CT molecular complexity index is 1110. The van der Waals surface area contributed by atoms with Crippen LogP contribution in [0.1, 0.15) is 5.56 Å². The van der Waals surface area contributed by atoms with Gasteiger partial charge in [-0.1, -0.05) is 29.4 Å². The number of fused-ring (bicyclic) bond motifs is 2. The summed E-state index contributed by atoms with van der Waals surface area (Å²) in [5.74, 6) is 0.0656. The molecule has 10 heteroatoms. The first-order chi connectivity index (χ1) is 13.8. The van der Waals surface area contributed by atoms with Gasteiger partial charge in [0.15, 0.2) is 11.5 Å². The minimum atomic E-state index is -4.59. The number of ether oxygens (including phenoxy) is 2. The number of hydrogen-bond donors (Lipinski definition) is 1. The van der Waals surface area contributed by atoms with Crippen LogP contribution in [0.3, 0.4) is 0 Å². The fourth-order valence-electron chi connectivity index (χ4n) is 2.80. The van der Waals surface area contributed by atoms with Gasteiger partial charge in [-0.2, -0.15) is 13.2 Å². The van der Waals surface area contributed by atoms with E-state index in [0.717, 1.165) is 17.8 Å². The van der Waals surface area contributed by atoms with Crippen molar-refractivity contribution < 1.29 is 27.4 Å². The number of hydrogen-bond acceptors (Lipinski definition) is 5. The molecule has 2 aromatic carbocycles. The molecule has 0 bridgehead atoms. The molecule has 1 aliphatic rings. The Hall–Kier alpha value is -2.65. The third-order valence-electron chi connectivity index (χ3n) is 4.04. The molecule has 2 heterocycles. The number of thioether (sulfide) groups is 1. The van der Waals surface area contributed by atoms with Crippen molar-refractivity contribution in [1.82, 2.24) is 4.98 Å². The van der Waals surface area contributed by atoms with Crippen LogP contribution in [0.15, 0.2) is 47.5 Å². The quantitative estimate of drug-likeness (QED) is 0.553. The molecule has 1 amide bonds. The van der Waals surface area contributed by atoms with Gasteiger partial charge in [0, 0.05) is 22.2 Å². The molecular weight excluding hydrogens is 429 g/mol. The SMILES string of the molecule is O=C(CSc1cc(C(F)(F)F)c2cc3c(cc2n1)OCO3)Nc1cccc(Cl)c1. The van der Waals surface area contributed by atoms with Crippen molar-refractivity contribution in [3.63, 3.8) is 0 Å². The molecular formula is C19H12ClF3N2O3S. The first-order valence-corrected chi connectivity index (χ1v) is 9.66. The number of carbonyl (C=O) groups is 1. The van der Waals surface area contributed by atoms with E-state index in [0.29, 0.717) is 16.5 Å². The zero-order valence-corrected chi connectivity index (χ0v) is 16.1. The molecule has 0 aliphatic carbocycles. The summed E-state index contributed by atoms with van der Waals surface area (Å²) in [5, 5.41) is 3.08. The average Bonchev–Trinajstić information content (AvgIpc) is 3.10. The normalized spacial score (nSPS) is 13.0. The molecule has 0 fully saturated rings. The van der Waals surface area contributed by atoms with Crippen molar-refractivity contribution in [2.75, 3.05) is 17.9 Å². The second kappa shape index (κ2) is 7.64. The lowest BCUT2D eigenvalue weighted by molar-refractivity contribution is -0.136. The van der Waals surface area contributed by atoms with E-state index >= 15 is 0 Å². The highest BCUT2D eigenvalue weighted by Gasteiger charge is 2.34. The van der Waals surface area contributed by atoms with E-state index in [1.54, 1.807) is 24.3 Å². The van der Waals surface area contributed by atoms with Crippen molar-refractivity contribution in [1.29, 1.82) is 0 Å². The largest absolute Gasteiger partial charge is 0.454 e. The highest BCUT2D eigenvalue weighted by molar-refractivity contribution is 7.99. The lowest BCUT2D eigenvalue weighted by Crippen LogP contribution is -2.14. The van der Waals surface area contributed by atoms with Crippen LogP contribution in [0.2, 0.25) is 5.02 Å². The average molecular weight is 441 g/mol. The van der Waals surface area contributed by atoms with Gasteiger partial charge in [-0.25, -0.2) is 4.98 Å². The highest BCUT2D eigenvalue weighted by atomic mass is 35.5. The Balaban J connectivity index is 1.58. The van der Waals surface area contributed by atoms with Gasteiger partial charge in [0.1, 0.15) is 0 Å². The van der Waals surface area contributed by atoms with Crippen LogP contribution in [0, 0.1) is 0 Å². The van der Waals surface area contributed by atoms with E-state index in [-0.39, 0.29) is 34.2 Å². The standard InChI is InChI=1S/C19H12ClF3N2O3S/c20-10-2-1-3-11(4-10)24-17(26)8-29-18-6-13(19(21,22)23)12-5-15-16(28-9-27-15)7-14(12)25-18/h1-7H,8-9H2,(H,24,26). The summed E-state index contributed by atoms with van der Waals surface area (Å²) in [6.07, 6.45) is -4.59. The van der Waals surface area contributed by atoms with E-state index in [9.17, 15) is 18.0 Å². The number of halogens is 4. The molecule has 3 aromatic rings. The molecule has 1 aromatic heterocycles. The Labute approximate surface area is 172 Å². The van der Waals surface area contributed by atoms with Gasteiger partial charge in [-0.05, 0) is 30.3 Å². The zero-order chi connectivity index (χ0) is 20.6. The highest BCUT2D eigenvalue weighted by Crippen LogP contribution is 2.42. The molecule has 1 N–H and O–H groups in total. The number of benzene rings is 2. The number of rotatable bonds is 4. The third kappa shape index (κ3) is 4.35. The van der Waals surface area contributed by atoms with Gasteiger partial charge in [-0.15, -0.1) is 0 Å². The minimum Gasteiger partial charge on any atom is -0.454 e. The van der Waals surface area contributed by atoms with Crippen molar-refractivity contribution in [3.05, 3.63) is 53.1 Å². The summed E-state index contributed by atoms with van der Waals surface area (Å²) in [6.45, 7) is -0.0573. The van der Waals surface area contributed by atoms with Crippen LogP contribution >= 0.6 is 23.4 Å². The number of alkyl halides is 3. The van der Waals surface area contributed by atoms with Gasteiger partial charge in [-0.3, -0.25) is 4.79 Å². The van der Waals surface area contributed by atoms with Crippen LogP contribution < -0.4 is 14.8 Å². The number of nitrogens with zero attached hydrogens (tertiary/aromatic N) is 1. The van der Waals surface area contributed by atoms with E-state index in [1.165, 1.54) is 12.1 Å². The summed E-state index contributed by atoms with van der Waals surface area (Å²) >= 11 is 6.77. The van der Waals surface area contributed by atoms with Crippen molar-refractivity contribution in [3.8, 4) is 11.5 Å². The topological polar surface area (TPSA) is 60.5 Å². The predicted octanol–water partition coefficient (Wildman–Crippen LogP) is 5.37. The predicted molar refractivity (Wildman–Crippen MR) is 104 cm³/mol. The summed E-state index contributed by atoms with van der Waals surface area (Å²) < 4.78 is 51.1. The summed E-state index contributed by atoms with van der Waals surface area (Å²) in [4.78, 5) is 16.4. The van der Waals surface area contributed by atoms with Crippen LogP contribution in [0.4, 0.5) is 18.9 Å². The molecule has 1 aliphatic heterocycles. The summed E-state index contributed by atoms with van der Waals surface area (Å²) in [6, 6.07) is 10.2. The second-order valence-electron chi connectivity index (χ2n) is 6.08. The van der Waals surface area contributed by atoms with Gasteiger partial charge in [0.25, 0.3) is 0 Å². The fourth-order valence-corrected chi connectivity index (χ4v) is 3.71. The minimum absolute atomic E-state index is 0.0573. The number of amides is 1. The van der Waals surface area contributed by atoms with Crippen molar-refractivity contribution in [2.24, 2.45) is 0 Å². The lowest BCUT2D eigenvalue weighted by atomic mass is 10.1. The molecule has 0 spiro atoms. The van der Waals surface area contributed by atoms with Gasteiger partial charge >= 0.3 is 6.18 Å². The van der Waals surface area contributed by atoms with Gasteiger partial charge < -0.3 is 14.8 Å². The zero-order valence-electron chi connectivity index (χ0n) is 14.5. The van der Waals surface area contributed by atoms with Gasteiger partial charge in [0.2, 0.25) is 12.7 Å². The maximum absolute atomic E-state index is 13.6. The summed E-state index contributed by atoms with van der Waals surface area (Å²) in [7, 11) is 0. The van der Waals surface area contributed by atoms with E-state index in [1.807, 2.05) is 0 Å². The molecule has 0 unspecified atom stereocenters. The Morgan fingerprint density at radius 2 is 1.93 bits per heavy atom. The maximum atomic E-state index is 13.6. The molecule has 150 valence electrons.